The van der Waals surface area contributed by atoms with Gasteiger partial charge in [-0.25, -0.2) is 0 Å². The Morgan fingerprint density at radius 2 is 1.00 bits per heavy atom. The predicted molar refractivity (Wildman–Crippen MR) is 51.4 cm³/mol. The molecule has 0 aromatic heterocycles. The van der Waals surface area contributed by atoms with Crippen LogP contribution in [0.1, 0.15) is 12.8 Å². The van der Waals surface area contributed by atoms with Crippen molar-refractivity contribution >= 4 is 0 Å². The molecule has 0 amide bonds. The molecule has 14 heavy (non-hydrogen) atoms. The summed E-state index contributed by atoms with van der Waals surface area (Å²) < 4.78 is 0. The third-order valence-electron chi connectivity index (χ3n) is 1.64. The van der Waals surface area contributed by atoms with Crippen molar-refractivity contribution in [1.82, 2.24) is 10.6 Å². The molecule has 6 nitrogen and oxygen atoms in total. The van der Waals surface area contributed by atoms with Crippen LogP contribution < -0.4 is 10.6 Å². The second-order valence-corrected chi connectivity index (χ2v) is 3.04. The van der Waals surface area contributed by atoms with Crippen molar-refractivity contribution < 1.29 is 20.4 Å². The molecule has 0 aliphatic carbocycles. The summed E-state index contributed by atoms with van der Waals surface area (Å²) in [6, 6.07) is 0. The Kier molecular flexibility index (Phi) is 9.16. The Morgan fingerprint density at radius 1 is 0.643 bits per heavy atom. The molecule has 0 fully saturated rings. The SMILES string of the molecule is OC(O)CCNCCNCCC(O)O. The summed E-state index contributed by atoms with van der Waals surface area (Å²) in [4.78, 5) is 0. The topological polar surface area (TPSA) is 105 Å². The predicted octanol–water partition coefficient (Wildman–Crippen LogP) is -2.43. The summed E-state index contributed by atoms with van der Waals surface area (Å²) in [6.07, 6.45) is -1.87. The van der Waals surface area contributed by atoms with Crippen molar-refractivity contribution in [3.63, 3.8) is 0 Å². The first-order chi connectivity index (χ1) is 6.63. The molecule has 0 spiro atoms. The van der Waals surface area contributed by atoms with E-state index in [0.717, 1.165) is 0 Å². The molecule has 86 valence electrons. The Morgan fingerprint density at radius 3 is 1.29 bits per heavy atom. The lowest BCUT2D eigenvalue weighted by Crippen LogP contribution is -2.30. The van der Waals surface area contributed by atoms with Gasteiger partial charge >= 0.3 is 0 Å². The molecular formula is C8H20N2O4. The van der Waals surface area contributed by atoms with Crippen LogP contribution in [-0.2, 0) is 0 Å². The van der Waals surface area contributed by atoms with Gasteiger partial charge in [0.25, 0.3) is 0 Å². The monoisotopic (exact) mass is 208 g/mol. The van der Waals surface area contributed by atoms with Gasteiger partial charge in [-0.2, -0.15) is 0 Å². The van der Waals surface area contributed by atoms with E-state index in [1.54, 1.807) is 0 Å². The van der Waals surface area contributed by atoms with Crippen LogP contribution in [0.4, 0.5) is 0 Å². The quantitative estimate of drug-likeness (QED) is 0.186. The summed E-state index contributed by atoms with van der Waals surface area (Å²) in [5.74, 6) is 0. The van der Waals surface area contributed by atoms with Crippen molar-refractivity contribution in [2.24, 2.45) is 0 Å². The molecule has 6 N–H and O–H groups in total. The van der Waals surface area contributed by atoms with Gasteiger partial charge in [-0.1, -0.05) is 0 Å². The number of hydrogen-bond donors (Lipinski definition) is 6. The van der Waals surface area contributed by atoms with E-state index in [1.807, 2.05) is 0 Å². The minimum absolute atomic E-state index is 0.315. The van der Waals surface area contributed by atoms with Gasteiger partial charge in [-0.15, -0.1) is 0 Å². The molecule has 0 saturated carbocycles. The van der Waals surface area contributed by atoms with E-state index in [1.165, 1.54) is 0 Å². The highest BCUT2D eigenvalue weighted by molar-refractivity contribution is 4.53. The molecule has 0 saturated heterocycles. The smallest absolute Gasteiger partial charge is 0.152 e. The molecule has 0 aliphatic rings. The zero-order valence-corrected chi connectivity index (χ0v) is 8.19. The zero-order chi connectivity index (χ0) is 10.8. The van der Waals surface area contributed by atoms with Gasteiger partial charge in [-0.05, 0) is 13.1 Å². The van der Waals surface area contributed by atoms with E-state index in [9.17, 15) is 0 Å². The standard InChI is InChI=1S/C8H20N2O4/c11-7(12)1-3-9-5-6-10-4-2-8(13)14/h7-14H,1-6H2. The molecule has 0 atom stereocenters. The lowest BCUT2D eigenvalue weighted by atomic mass is 10.4. The van der Waals surface area contributed by atoms with Gasteiger partial charge < -0.3 is 31.1 Å². The van der Waals surface area contributed by atoms with Crippen molar-refractivity contribution in [2.75, 3.05) is 26.2 Å². The fraction of sp³-hybridized carbons (Fsp3) is 1.00. The van der Waals surface area contributed by atoms with Gasteiger partial charge in [0.1, 0.15) is 0 Å². The highest BCUT2D eigenvalue weighted by atomic mass is 16.5. The van der Waals surface area contributed by atoms with Gasteiger partial charge in [0.05, 0.1) is 0 Å². The van der Waals surface area contributed by atoms with Gasteiger partial charge in [0.2, 0.25) is 0 Å². The van der Waals surface area contributed by atoms with Crippen molar-refractivity contribution in [1.29, 1.82) is 0 Å². The summed E-state index contributed by atoms with van der Waals surface area (Å²) in [5.41, 5.74) is 0. The fourth-order valence-corrected chi connectivity index (χ4v) is 0.889. The molecule has 0 heterocycles. The highest BCUT2D eigenvalue weighted by Crippen LogP contribution is 1.82. The maximum Gasteiger partial charge on any atom is 0.152 e. The minimum Gasteiger partial charge on any atom is -0.368 e. The summed E-state index contributed by atoms with van der Waals surface area (Å²) >= 11 is 0. The third kappa shape index (κ3) is 11.8. The van der Waals surface area contributed by atoms with E-state index >= 15 is 0 Å². The van der Waals surface area contributed by atoms with Crippen LogP contribution in [0.2, 0.25) is 0 Å². The van der Waals surface area contributed by atoms with Crippen LogP contribution in [0.15, 0.2) is 0 Å². The molecule has 0 rings (SSSR count). The Balaban J connectivity index is 2.92. The first kappa shape index (κ1) is 13.8. The van der Waals surface area contributed by atoms with Crippen molar-refractivity contribution in [3.8, 4) is 0 Å². The lowest BCUT2D eigenvalue weighted by Gasteiger charge is -2.07. The maximum atomic E-state index is 8.50. The van der Waals surface area contributed by atoms with E-state index in [-0.39, 0.29) is 0 Å². The van der Waals surface area contributed by atoms with E-state index in [4.69, 9.17) is 20.4 Å². The molecule has 6 heteroatoms. The number of hydrogen-bond acceptors (Lipinski definition) is 6. The van der Waals surface area contributed by atoms with E-state index in [0.29, 0.717) is 39.0 Å². The first-order valence-electron chi connectivity index (χ1n) is 4.76. The number of nitrogens with one attached hydrogen (secondary N) is 2. The first-order valence-corrected chi connectivity index (χ1v) is 4.76. The van der Waals surface area contributed by atoms with Crippen LogP contribution >= 0.6 is 0 Å². The van der Waals surface area contributed by atoms with E-state index in [2.05, 4.69) is 10.6 Å². The number of rotatable bonds is 9. The van der Waals surface area contributed by atoms with Crippen molar-refractivity contribution in [3.05, 3.63) is 0 Å². The molecular weight excluding hydrogens is 188 g/mol. The Hall–Kier alpha value is -0.240. The number of aliphatic hydroxyl groups excluding tert-OH is 2. The zero-order valence-electron chi connectivity index (χ0n) is 8.19. The average molecular weight is 208 g/mol. The average Bonchev–Trinajstić information content (AvgIpc) is 2.08. The summed E-state index contributed by atoms with van der Waals surface area (Å²) in [6.45, 7) is 2.55. The van der Waals surface area contributed by atoms with Crippen LogP contribution in [-0.4, -0.2) is 59.2 Å². The van der Waals surface area contributed by atoms with Crippen LogP contribution in [0.3, 0.4) is 0 Å². The molecule has 0 bridgehead atoms. The number of aliphatic hydroxyl groups is 4. The normalized spacial score (nSPS) is 11.6. The molecule has 0 radical (unpaired) electrons. The fourth-order valence-electron chi connectivity index (χ4n) is 0.889. The molecule has 0 aromatic rings. The third-order valence-corrected chi connectivity index (χ3v) is 1.64. The summed E-state index contributed by atoms with van der Waals surface area (Å²) in [5, 5.41) is 40.0. The van der Waals surface area contributed by atoms with Crippen LogP contribution in [0.25, 0.3) is 0 Å². The second-order valence-electron chi connectivity index (χ2n) is 3.04. The molecule has 0 aliphatic heterocycles. The van der Waals surface area contributed by atoms with Gasteiger partial charge in [-0.3, -0.25) is 0 Å². The Labute approximate surface area is 83.6 Å². The largest absolute Gasteiger partial charge is 0.368 e. The van der Waals surface area contributed by atoms with Gasteiger partial charge in [0, 0.05) is 25.9 Å². The van der Waals surface area contributed by atoms with Gasteiger partial charge in [0.15, 0.2) is 12.6 Å². The van der Waals surface area contributed by atoms with Crippen molar-refractivity contribution in [2.45, 2.75) is 25.4 Å². The lowest BCUT2D eigenvalue weighted by molar-refractivity contribution is -0.0455. The molecule has 0 aromatic carbocycles. The van der Waals surface area contributed by atoms with Crippen LogP contribution in [0, 0.1) is 0 Å². The second kappa shape index (κ2) is 9.32. The molecule has 0 unspecified atom stereocenters. The highest BCUT2D eigenvalue weighted by Gasteiger charge is 1.97. The minimum atomic E-state index is -1.25. The van der Waals surface area contributed by atoms with E-state index < -0.39 is 12.6 Å². The van der Waals surface area contributed by atoms with Crippen LogP contribution in [0.5, 0.6) is 0 Å². The Bertz CT molecular complexity index is 108. The maximum absolute atomic E-state index is 8.50. The summed E-state index contributed by atoms with van der Waals surface area (Å²) in [7, 11) is 0.